The SMILES string of the molecule is COC(=O)C1=CNC(=O)N[C@@H]1c1ccc(F)c(F)c1. The summed E-state index contributed by atoms with van der Waals surface area (Å²) < 4.78 is 30.7. The highest BCUT2D eigenvalue weighted by molar-refractivity contribution is 5.93. The number of amides is 2. The molecule has 1 aliphatic heterocycles. The van der Waals surface area contributed by atoms with Gasteiger partial charge in [-0.15, -0.1) is 0 Å². The van der Waals surface area contributed by atoms with Crippen molar-refractivity contribution in [3.63, 3.8) is 0 Å². The number of hydrogen-bond donors (Lipinski definition) is 2. The standard InChI is InChI=1S/C12H10F2N2O3/c1-19-11(17)7-5-15-12(18)16-10(7)6-2-3-8(13)9(14)4-6/h2-5,10H,1H3,(H2,15,16,18)/t10-/m1/s1. The molecule has 0 saturated heterocycles. The molecule has 1 aliphatic rings. The topological polar surface area (TPSA) is 67.4 Å². The molecular weight excluding hydrogens is 258 g/mol. The summed E-state index contributed by atoms with van der Waals surface area (Å²) in [7, 11) is 1.18. The van der Waals surface area contributed by atoms with Crippen LogP contribution >= 0.6 is 0 Å². The number of rotatable bonds is 2. The van der Waals surface area contributed by atoms with E-state index < -0.39 is 29.7 Å². The van der Waals surface area contributed by atoms with Crippen LogP contribution in [0.1, 0.15) is 11.6 Å². The molecule has 0 radical (unpaired) electrons. The van der Waals surface area contributed by atoms with Gasteiger partial charge in [0.25, 0.3) is 0 Å². The zero-order chi connectivity index (χ0) is 14.0. The lowest BCUT2D eigenvalue weighted by Gasteiger charge is -2.24. The molecule has 1 aromatic rings. The summed E-state index contributed by atoms with van der Waals surface area (Å²) in [6.45, 7) is 0. The summed E-state index contributed by atoms with van der Waals surface area (Å²) in [6.07, 6.45) is 1.18. The van der Waals surface area contributed by atoms with E-state index in [1.165, 1.54) is 19.4 Å². The predicted octanol–water partition coefficient (Wildman–Crippen LogP) is 1.38. The van der Waals surface area contributed by atoms with Gasteiger partial charge in [-0.25, -0.2) is 18.4 Å². The van der Waals surface area contributed by atoms with Gasteiger partial charge in [-0.1, -0.05) is 6.07 Å². The Hall–Kier alpha value is -2.44. The van der Waals surface area contributed by atoms with Gasteiger partial charge in [-0.3, -0.25) is 0 Å². The van der Waals surface area contributed by atoms with Crippen LogP contribution in [0.3, 0.4) is 0 Å². The third-order valence-electron chi connectivity index (χ3n) is 2.64. The molecule has 0 saturated carbocycles. The number of carbonyl (C=O) groups is 2. The van der Waals surface area contributed by atoms with Crippen molar-refractivity contribution in [2.45, 2.75) is 6.04 Å². The van der Waals surface area contributed by atoms with Gasteiger partial charge in [0.05, 0.1) is 18.7 Å². The highest BCUT2D eigenvalue weighted by Gasteiger charge is 2.29. The van der Waals surface area contributed by atoms with Crippen molar-refractivity contribution in [3.05, 3.63) is 47.2 Å². The number of methoxy groups -OCH3 is 1. The molecule has 19 heavy (non-hydrogen) atoms. The minimum absolute atomic E-state index is 0.0908. The van der Waals surface area contributed by atoms with Crippen LogP contribution in [0.4, 0.5) is 13.6 Å². The maximum Gasteiger partial charge on any atom is 0.337 e. The summed E-state index contributed by atoms with van der Waals surface area (Å²) in [5.74, 6) is -2.75. The van der Waals surface area contributed by atoms with Crippen LogP contribution in [0.5, 0.6) is 0 Å². The first kappa shape index (κ1) is 13.0. The molecule has 5 nitrogen and oxygen atoms in total. The maximum atomic E-state index is 13.2. The molecule has 2 amide bonds. The van der Waals surface area contributed by atoms with E-state index >= 15 is 0 Å². The normalized spacial score (nSPS) is 18.2. The summed E-state index contributed by atoms with van der Waals surface area (Å²) in [5, 5.41) is 4.73. The molecule has 100 valence electrons. The number of hydrogen-bond acceptors (Lipinski definition) is 3. The molecule has 2 rings (SSSR count). The van der Waals surface area contributed by atoms with Crippen LogP contribution in [0, 0.1) is 11.6 Å². The van der Waals surface area contributed by atoms with Crippen molar-refractivity contribution in [1.82, 2.24) is 10.6 Å². The zero-order valence-corrected chi connectivity index (χ0v) is 9.87. The van der Waals surface area contributed by atoms with Crippen LogP contribution < -0.4 is 10.6 Å². The van der Waals surface area contributed by atoms with Gasteiger partial charge in [0.1, 0.15) is 0 Å². The quantitative estimate of drug-likeness (QED) is 0.796. The Morgan fingerprint density at radius 1 is 1.32 bits per heavy atom. The Balaban J connectivity index is 2.41. The molecule has 1 aromatic carbocycles. The van der Waals surface area contributed by atoms with Crippen molar-refractivity contribution in [2.24, 2.45) is 0 Å². The zero-order valence-electron chi connectivity index (χ0n) is 9.87. The summed E-state index contributed by atoms with van der Waals surface area (Å²) in [6, 6.07) is 1.68. The second-order valence-corrected chi connectivity index (χ2v) is 3.82. The van der Waals surface area contributed by atoms with E-state index in [4.69, 9.17) is 0 Å². The molecule has 0 bridgehead atoms. The average molecular weight is 268 g/mol. The molecule has 7 heteroatoms. The number of carbonyl (C=O) groups excluding carboxylic acids is 2. The third-order valence-corrected chi connectivity index (χ3v) is 2.64. The molecule has 0 unspecified atom stereocenters. The fourth-order valence-corrected chi connectivity index (χ4v) is 1.73. The number of urea groups is 1. The molecule has 0 aromatic heterocycles. The number of halogens is 2. The Morgan fingerprint density at radius 2 is 2.05 bits per heavy atom. The largest absolute Gasteiger partial charge is 0.466 e. The van der Waals surface area contributed by atoms with Gasteiger partial charge < -0.3 is 15.4 Å². The Morgan fingerprint density at radius 3 is 2.68 bits per heavy atom. The lowest BCUT2D eigenvalue weighted by atomic mass is 9.98. The number of nitrogens with one attached hydrogen (secondary N) is 2. The Kier molecular flexibility index (Phi) is 3.46. The van der Waals surface area contributed by atoms with Crippen LogP contribution in [-0.4, -0.2) is 19.1 Å². The highest BCUT2D eigenvalue weighted by atomic mass is 19.2. The van der Waals surface area contributed by atoms with Crippen molar-refractivity contribution in [2.75, 3.05) is 7.11 Å². The van der Waals surface area contributed by atoms with Crippen LogP contribution in [0.25, 0.3) is 0 Å². The van der Waals surface area contributed by atoms with E-state index in [1.807, 2.05) is 0 Å². The lowest BCUT2D eigenvalue weighted by Crippen LogP contribution is -2.42. The van der Waals surface area contributed by atoms with E-state index in [0.29, 0.717) is 0 Å². The number of esters is 1. The Labute approximate surface area is 107 Å². The fourth-order valence-electron chi connectivity index (χ4n) is 1.73. The van der Waals surface area contributed by atoms with Gasteiger partial charge in [0.15, 0.2) is 11.6 Å². The minimum Gasteiger partial charge on any atom is -0.466 e. The summed E-state index contributed by atoms with van der Waals surface area (Å²) >= 11 is 0. The van der Waals surface area contributed by atoms with Gasteiger partial charge in [-0.05, 0) is 17.7 Å². The summed E-state index contributed by atoms with van der Waals surface area (Å²) in [5.41, 5.74) is 0.332. The second-order valence-electron chi connectivity index (χ2n) is 3.82. The maximum absolute atomic E-state index is 13.2. The second kappa shape index (κ2) is 5.05. The van der Waals surface area contributed by atoms with Gasteiger partial charge in [-0.2, -0.15) is 0 Å². The molecule has 0 spiro atoms. The van der Waals surface area contributed by atoms with E-state index in [2.05, 4.69) is 15.4 Å². The van der Waals surface area contributed by atoms with Crippen molar-refractivity contribution < 1.29 is 23.1 Å². The molecule has 0 aliphatic carbocycles. The van der Waals surface area contributed by atoms with Crippen molar-refractivity contribution in [1.29, 1.82) is 0 Å². The fraction of sp³-hybridized carbons (Fsp3) is 0.167. The van der Waals surface area contributed by atoms with Crippen LogP contribution in [-0.2, 0) is 9.53 Å². The minimum atomic E-state index is -1.06. The smallest absolute Gasteiger partial charge is 0.337 e. The van der Waals surface area contributed by atoms with Gasteiger partial charge in [0.2, 0.25) is 0 Å². The van der Waals surface area contributed by atoms with Crippen LogP contribution in [0.15, 0.2) is 30.0 Å². The third kappa shape index (κ3) is 2.54. The Bertz CT molecular complexity index is 572. The monoisotopic (exact) mass is 268 g/mol. The molecule has 2 N–H and O–H groups in total. The highest BCUT2D eigenvalue weighted by Crippen LogP contribution is 2.25. The van der Waals surface area contributed by atoms with E-state index in [1.54, 1.807) is 0 Å². The van der Waals surface area contributed by atoms with Gasteiger partial charge >= 0.3 is 12.0 Å². The van der Waals surface area contributed by atoms with E-state index in [9.17, 15) is 18.4 Å². The van der Waals surface area contributed by atoms with Crippen LogP contribution in [0.2, 0.25) is 0 Å². The van der Waals surface area contributed by atoms with E-state index in [-0.39, 0.29) is 11.1 Å². The van der Waals surface area contributed by atoms with Crippen molar-refractivity contribution >= 4 is 12.0 Å². The average Bonchev–Trinajstić information content (AvgIpc) is 2.41. The predicted molar refractivity (Wildman–Crippen MR) is 60.9 cm³/mol. The molecule has 1 heterocycles. The number of benzene rings is 1. The molecule has 1 atom stereocenters. The van der Waals surface area contributed by atoms with Gasteiger partial charge in [0, 0.05) is 6.20 Å². The first-order valence-corrected chi connectivity index (χ1v) is 5.33. The first-order valence-electron chi connectivity index (χ1n) is 5.33. The van der Waals surface area contributed by atoms with E-state index in [0.717, 1.165) is 12.1 Å². The molecular formula is C12H10F2N2O3. The summed E-state index contributed by atoms with van der Waals surface area (Å²) in [4.78, 5) is 22.8. The van der Waals surface area contributed by atoms with Crippen molar-refractivity contribution in [3.8, 4) is 0 Å². The molecule has 0 fully saturated rings. The first-order chi connectivity index (χ1) is 9.02. The number of ether oxygens (including phenoxy) is 1. The lowest BCUT2D eigenvalue weighted by molar-refractivity contribution is -0.136.